The van der Waals surface area contributed by atoms with E-state index < -0.39 is 5.56 Å². The van der Waals surface area contributed by atoms with E-state index in [1.54, 1.807) is 0 Å². The average Bonchev–Trinajstić information content (AvgIpc) is 1.85. The summed E-state index contributed by atoms with van der Waals surface area (Å²) in [5, 5.41) is 0. The van der Waals surface area contributed by atoms with Gasteiger partial charge in [0.05, 0.1) is 0 Å². The summed E-state index contributed by atoms with van der Waals surface area (Å²) >= 11 is 0. The van der Waals surface area contributed by atoms with E-state index in [0.29, 0.717) is 0 Å². The Morgan fingerprint density at radius 1 is 1.64 bits per heavy atom. The van der Waals surface area contributed by atoms with Gasteiger partial charge < -0.3 is 10.7 Å². The highest BCUT2D eigenvalue weighted by Gasteiger charge is 2.07. The van der Waals surface area contributed by atoms with E-state index in [9.17, 15) is 9.59 Å². The van der Waals surface area contributed by atoms with Gasteiger partial charge in [-0.25, -0.2) is 0 Å². The first-order valence-corrected chi connectivity index (χ1v) is 3.11. The molecule has 1 rings (SSSR count). The van der Waals surface area contributed by atoms with Crippen molar-refractivity contribution in [3.05, 3.63) is 28.2 Å². The minimum atomic E-state index is -0.433. The van der Waals surface area contributed by atoms with Gasteiger partial charge in [0.15, 0.2) is 5.78 Å². The predicted octanol–water partition coefficient (Wildman–Crippen LogP) is 0.160. The molecule has 0 atom stereocenters. The van der Waals surface area contributed by atoms with Crippen molar-refractivity contribution in [2.75, 3.05) is 5.73 Å². The Morgan fingerprint density at radius 3 is 2.64 bits per heavy atom. The van der Waals surface area contributed by atoms with Crippen LogP contribution >= 0.6 is 0 Å². The van der Waals surface area contributed by atoms with E-state index >= 15 is 0 Å². The highest BCUT2D eigenvalue weighted by molar-refractivity contribution is 5.98. The molecule has 1 aromatic heterocycles. The van der Waals surface area contributed by atoms with Gasteiger partial charge in [-0.15, -0.1) is 0 Å². The first-order valence-electron chi connectivity index (χ1n) is 3.11. The van der Waals surface area contributed by atoms with E-state index in [0.717, 1.165) is 0 Å². The molecule has 0 aliphatic carbocycles. The van der Waals surface area contributed by atoms with Crippen LogP contribution in [-0.4, -0.2) is 10.8 Å². The molecule has 4 heteroatoms. The summed E-state index contributed by atoms with van der Waals surface area (Å²) in [7, 11) is 0. The van der Waals surface area contributed by atoms with Crippen molar-refractivity contribution < 1.29 is 4.79 Å². The van der Waals surface area contributed by atoms with E-state index in [1.165, 1.54) is 19.2 Å². The molecule has 0 saturated carbocycles. The van der Waals surface area contributed by atoms with Gasteiger partial charge in [-0.2, -0.15) is 0 Å². The first kappa shape index (κ1) is 7.53. The van der Waals surface area contributed by atoms with Crippen LogP contribution in [0.3, 0.4) is 0 Å². The number of ketones is 1. The number of carbonyl (C=O) groups excluding carboxylic acids is 1. The molecule has 0 bridgehead atoms. The number of nitrogen functional groups attached to an aromatic ring is 1. The fourth-order valence-corrected chi connectivity index (χ4v) is 0.857. The number of pyridine rings is 1. The second-order valence-corrected chi connectivity index (χ2v) is 2.19. The molecule has 4 nitrogen and oxygen atoms in total. The number of rotatable bonds is 1. The molecular weight excluding hydrogens is 144 g/mol. The van der Waals surface area contributed by atoms with Gasteiger partial charge in [0, 0.05) is 11.9 Å². The maximum atomic E-state index is 10.9. The van der Waals surface area contributed by atoms with Crippen molar-refractivity contribution in [2.45, 2.75) is 6.92 Å². The molecule has 0 amide bonds. The van der Waals surface area contributed by atoms with Gasteiger partial charge in [0.2, 0.25) is 0 Å². The number of hydrogen-bond acceptors (Lipinski definition) is 3. The molecule has 1 aromatic rings. The molecular formula is C7H8N2O2. The second kappa shape index (κ2) is 2.57. The summed E-state index contributed by atoms with van der Waals surface area (Å²) < 4.78 is 0. The molecule has 0 spiro atoms. The van der Waals surface area contributed by atoms with Crippen LogP contribution in [0.4, 0.5) is 5.69 Å². The normalized spacial score (nSPS) is 9.55. The number of nitrogens with one attached hydrogen (secondary N) is 1. The summed E-state index contributed by atoms with van der Waals surface area (Å²) in [5.41, 5.74) is 5.21. The summed E-state index contributed by atoms with van der Waals surface area (Å²) in [4.78, 5) is 24.1. The van der Waals surface area contributed by atoms with Crippen molar-refractivity contribution in [1.29, 1.82) is 0 Å². The number of aromatic amines is 1. The van der Waals surface area contributed by atoms with Crippen LogP contribution in [0.5, 0.6) is 0 Å². The number of Topliss-reactive ketones (excluding diaryl/α,β-unsaturated/α-hetero) is 1. The Bertz CT molecular complexity index is 341. The summed E-state index contributed by atoms with van der Waals surface area (Å²) in [6, 6.07) is 1.48. The van der Waals surface area contributed by atoms with Gasteiger partial charge >= 0.3 is 0 Å². The maximum absolute atomic E-state index is 10.9. The van der Waals surface area contributed by atoms with Crippen molar-refractivity contribution >= 4 is 11.5 Å². The molecule has 1 heterocycles. The monoisotopic (exact) mass is 152 g/mol. The molecule has 3 N–H and O–H groups in total. The topological polar surface area (TPSA) is 76.0 Å². The number of carbonyl (C=O) groups is 1. The van der Waals surface area contributed by atoms with Gasteiger partial charge in [0.25, 0.3) is 5.56 Å². The standard InChI is InChI=1S/C7H8N2O2/c1-4(10)6-5(8)2-3-9-7(6)11/h2-3H,1H3,(H3,8,9,11). The lowest BCUT2D eigenvalue weighted by Gasteiger charge is -1.97. The van der Waals surface area contributed by atoms with Gasteiger partial charge in [-0.05, 0) is 13.0 Å². The van der Waals surface area contributed by atoms with E-state index in [4.69, 9.17) is 5.73 Å². The maximum Gasteiger partial charge on any atom is 0.260 e. The average molecular weight is 152 g/mol. The quantitative estimate of drug-likeness (QED) is 0.563. The highest BCUT2D eigenvalue weighted by Crippen LogP contribution is 2.03. The zero-order valence-corrected chi connectivity index (χ0v) is 6.05. The van der Waals surface area contributed by atoms with Crippen LogP contribution in [0.2, 0.25) is 0 Å². The number of aromatic nitrogens is 1. The Balaban J connectivity index is 3.45. The summed E-state index contributed by atoms with van der Waals surface area (Å²) in [6.07, 6.45) is 1.41. The molecule has 0 radical (unpaired) electrons. The number of nitrogens with two attached hydrogens (primary N) is 1. The van der Waals surface area contributed by atoms with Crippen molar-refractivity contribution in [1.82, 2.24) is 4.98 Å². The van der Waals surface area contributed by atoms with Crippen LogP contribution in [0.25, 0.3) is 0 Å². The fourth-order valence-electron chi connectivity index (χ4n) is 0.857. The third-order valence-corrected chi connectivity index (χ3v) is 1.35. The second-order valence-electron chi connectivity index (χ2n) is 2.19. The molecule has 0 aliphatic rings. The molecule has 58 valence electrons. The Kier molecular flexibility index (Phi) is 1.76. The number of hydrogen-bond donors (Lipinski definition) is 2. The third-order valence-electron chi connectivity index (χ3n) is 1.35. The van der Waals surface area contributed by atoms with Crippen molar-refractivity contribution in [2.24, 2.45) is 0 Å². The van der Waals surface area contributed by atoms with E-state index in [-0.39, 0.29) is 17.0 Å². The van der Waals surface area contributed by atoms with Crippen LogP contribution in [0, 0.1) is 0 Å². The largest absolute Gasteiger partial charge is 0.398 e. The summed E-state index contributed by atoms with van der Waals surface area (Å²) in [5.74, 6) is -0.315. The smallest absolute Gasteiger partial charge is 0.260 e. The van der Waals surface area contributed by atoms with Crippen molar-refractivity contribution in [3.8, 4) is 0 Å². The van der Waals surface area contributed by atoms with E-state index in [1.807, 2.05) is 0 Å². The Labute approximate surface area is 63.0 Å². The molecule has 0 aliphatic heterocycles. The third kappa shape index (κ3) is 1.29. The molecule has 0 unspecified atom stereocenters. The zero-order valence-electron chi connectivity index (χ0n) is 6.05. The Morgan fingerprint density at radius 2 is 2.27 bits per heavy atom. The van der Waals surface area contributed by atoms with Crippen LogP contribution < -0.4 is 11.3 Å². The molecule has 0 aromatic carbocycles. The van der Waals surface area contributed by atoms with Crippen LogP contribution in [0.15, 0.2) is 17.1 Å². The SMILES string of the molecule is CC(=O)c1c(N)cc[nH]c1=O. The lowest BCUT2D eigenvalue weighted by Crippen LogP contribution is -2.17. The highest BCUT2D eigenvalue weighted by atomic mass is 16.1. The molecule has 11 heavy (non-hydrogen) atoms. The minimum Gasteiger partial charge on any atom is -0.398 e. The molecule has 0 saturated heterocycles. The minimum absolute atomic E-state index is 0.0347. The van der Waals surface area contributed by atoms with Crippen LogP contribution in [-0.2, 0) is 0 Å². The summed E-state index contributed by atoms with van der Waals surface area (Å²) in [6.45, 7) is 1.31. The van der Waals surface area contributed by atoms with E-state index in [2.05, 4.69) is 4.98 Å². The van der Waals surface area contributed by atoms with Gasteiger partial charge in [-0.1, -0.05) is 0 Å². The number of H-pyrrole nitrogens is 1. The first-order chi connectivity index (χ1) is 5.13. The lowest BCUT2D eigenvalue weighted by molar-refractivity contribution is 0.101. The van der Waals surface area contributed by atoms with Gasteiger partial charge in [-0.3, -0.25) is 9.59 Å². The Hall–Kier alpha value is -1.58. The lowest BCUT2D eigenvalue weighted by atomic mass is 10.2. The number of anilines is 1. The van der Waals surface area contributed by atoms with Gasteiger partial charge in [0.1, 0.15) is 5.56 Å². The van der Waals surface area contributed by atoms with Crippen LogP contribution in [0.1, 0.15) is 17.3 Å². The predicted molar refractivity (Wildman–Crippen MR) is 41.5 cm³/mol. The fraction of sp³-hybridized carbons (Fsp3) is 0.143. The van der Waals surface area contributed by atoms with Crippen molar-refractivity contribution in [3.63, 3.8) is 0 Å². The molecule has 0 fully saturated rings. The zero-order chi connectivity index (χ0) is 8.43.